The second-order valence-corrected chi connectivity index (χ2v) is 5.92. The van der Waals surface area contributed by atoms with E-state index in [1.165, 1.54) is 11.3 Å². The molecule has 1 aromatic carbocycles. The lowest BCUT2D eigenvalue weighted by atomic mass is 10.1. The summed E-state index contributed by atoms with van der Waals surface area (Å²) in [5, 5.41) is 4.57. The van der Waals surface area contributed by atoms with Gasteiger partial charge in [-0.2, -0.15) is 5.10 Å². The van der Waals surface area contributed by atoms with Gasteiger partial charge in [0, 0.05) is 25.3 Å². The Kier molecular flexibility index (Phi) is 4.29. The Morgan fingerprint density at radius 3 is 2.55 bits per heavy atom. The first-order valence-electron chi connectivity index (χ1n) is 7.71. The highest BCUT2D eigenvalue weighted by molar-refractivity contribution is 5.50. The Labute approximate surface area is 132 Å². The van der Waals surface area contributed by atoms with Crippen molar-refractivity contribution in [3.63, 3.8) is 0 Å². The summed E-state index contributed by atoms with van der Waals surface area (Å²) < 4.78 is 7.33. The Morgan fingerprint density at radius 2 is 1.95 bits per heavy atom. The molecule has 2 aromatic rings. The molecule has 1 aliphatic heterocycles. The van der Waals surface area contributed by atoms with Crippen LogP contribution in [0, 0.1) is 13.8 Å². The van der Waals surface area contributed by atoms with Crippen LogP contribution in [0.4, 0.5) is 0 Å². The highest BCUT2D eigenvalue weighted by Gasteiger charge is 2.28. The van der Waals surface area contributed by atoms with Crippen LogP contribution in [-0.4, -0.2) is 41.4 Å². The van der Waals surface area contributed by atoms with Crippen molar-refractivity contribution in [1.82, 2.24) is 14.7 Å². The molecule has 0 aliphatic carbocycles. The van der Waals surface area contributed by atoms with Crippen molar-refractivity contribution in [2.75, 3.05) is 26.7 Å². The van der Waals surface area contributed by atoms with E-state index in [1.807, 2.05) is 12.1 Å². The van der Waals surface area contributed by atoms with Gasteiger partial charge in [0.15, 0.2) is 0 Å². The molecule has 4 heteroatoms. The number of hydrogen-bond acceptors (Lipinski definition) is 3. The van der Waals surface area contributed by atoms with Gasteiger partial charge in [-0.1, -0.05) is 24.3 Å². The Balaban J connectivity index is 1.48. The molecule has 116 valence electrons. The summed E-state index contributed by atoms with van der Waals surface area (Å²) in [5.41, 5.74) is 3.57. The second kappa shape index (κ2) is 6.36. The van der Waals surface area contributed by atoms with Gasteiger partial charge in [-0.3, -0.25) is 9.58 Å². The summed E-state index contributed by atoms with van der Waals surface area (Å²) >= 11 is 0. The summed E-state index contributed by atoms with van der Waals surface area (Å²) in [7, 11) is 1.69. The fraction of sp³-hybridized carbons (Fsp3) is 0.389. The lowest BCUT2D eigenvalue weighted by molar-refractivity contribution is 0.111. The number of aromatic nitrogens is 2. The average molecular weight is 297 g/mol. The first kappa shape index (κ1) is 14.9. The third-order valence-electron chi connectivity index (χ3n) is 4.12. The minimum atomic E-state index is 0.531. The van der Waals surface area contributed by atoms with E-state index in [-0.39, 0.29) is 0 Å². The highest BCUT2D eigenvalue weighted by Crippen LogP contribution is 2.22. The number of aryl methyl sites for hydroxylation is 2. The third kappa shape index (κ3) is 3.22. The van der Waals surface area contributed by atoms with Crippen LogP contribution >= 0.6 is 0 Å². The molecule has 1 fully saturated rings. The zero-order chi connectivity index (χ0) is 15.5. The highest BCUT2D eigenvalue weighted by atomic mass is 16.5. The lowest BCUT2D eigenvalue weighted by Gasteiger charge is -2.39. The second-order valence-electron chi connectivity index (χ2n) is 5.92. The van der Waals surface area contributed by atoms with Crippen molar-refractivity contribution < 1.29 is 4.74 Å². The number of ether oxygens (including phenoxy) is 1. The van der Waals surface area contributed by atoms with Crippen LogP contribution in [0.5, 0.6) is 5.75 Å². The standard InChI is InChI=1S/C18H23N3O/c1-14-11-15(2)21(19-14)17-12-20(13-17)10-4-5-16-6-8-18(22-3)9-7-16/h4-9,11,17H,10,12-13H2,1-3H3. The number of likely N-dealkylation sites (tertiary alicyclic amines) is 1. The molecule has 22 heavy (non-hydrogen) atoms. The molecule has 0 spiro atoms. The van der Waals surface area contributed by atoms with E-state index >= 15 is 0 Å². The molecule has 0 saturated carbocycles. The fourth-order valence-electron chi connectivity index (χ4n) is 2.91. The van der Waals surface area contributed by atoms with Crippen LogP contribution in [0.2, 0.25) is 0 Å². The minimum absolute atomic E-state index is 0.531. The first-order chi connectivity index (χ1) is 10.7. The molecular formula is C18H23N3O. The molecule has 1 aromatic heterocycles. The molecule has 0 unspecified atom stereocenters. The smallest absolute Gasteiger partial charge is 0.118 e. The quantitative estimate of drug-likeness (QED) is 0.849. The van der Waals surface area contributed by atoms with Crippen LogP contribution in [0.15, 0.2) is 36.4 Å². The summed E-state index contributed by atoms with van der Waals surface area (Å²) in [6, 6.07) is 10.8. The number of rotatable bonds is 5. The normalized spacial score (nSPS) is 16.1. The topological polar surface area (TPSA) is 30.3 Å². The van der Waals surface area contributed by atoms with E-state index in [0.717, 1.165) is 31.1 Å². The van der Waals surface area contributed by atoms with E-state index in [2.05, 4.69) is 58.9 Å². The maximum atomic E-state index is 5.16. The fourth-order valence-corrected chi connectivity index (χ4v) is 2.91. The van der Waals surface area contributed by atoms with Gasteiger partial charge in [-0.05, 0) is 37.6 Å². The summed E-state index contributed by atoms with van der Waals surface area (Å²) in [4.78, 5) is 2.43. The van der Waals surface area contributed by atoms with E-state index < -0.39 is 0 Å². The summed E-state index contributed by atoms with van der Waals surface area (Å²) in [5.74, 6) is 0.896. The summed E-state index contributed by atoms with van der Waals surface area (Å²) in [6.45, 7) is 7.33. The molecular weight excluding hydrogens is 274 g/mol. The molecule has 1 saturated heterocycles. The minimum Gasteiger partial charge on any atom is -0.497 e. The average Bonchev–Trinajstić information content (AvgIpc) is 2.80. The monoisotopic (exact) mass is 297 g/mol. The molecule has 1 aliphatic rings. The third-order valence-corrected chi connectivity index (χ3v) is 4.12. The maximum Gasteiger partial charge on any atom is 0.118 e. The molecule has 0 N–H and O–H groups in total. The Morgan fingerprint density at radius 1 is 1.23 bits per heavy atom. The maximum absolute atomic E-state index is 5.16. The zero-order valence-corrected chi connectivity index (χ0v) is 13.5. The largest absolute Gasteiger partial charge is 0.497 e. The van der Waals surface area contributed by atoms with Gasteiger partial charge >= 0.3 is 0 Å². The Hall–Kier alpha value is -2.07. The van der Waals surface area contributed by atoms with Crippen molar-refractivity contribution in [2.45, 2.75) is 19.9 Å². The van der Waals surface area contributed by atoms with Gasteiger partial charge in [0.25, 0.3) is 0 Å². The van der Waals surface area contributed by atoms with E-state index in [0.29, 0.717) is 6.04 Å². The zero-order valence-electron chi connectivity index (χ0n) is 13.5. The van der Waals surface area contributed by atoms with Crippen molar-refractivity contribution in [3.8, 4) is 5.75 Å². The van der Waals surface area contributed by atoms with Crippen LogP contribution < -0.4 is 4.74 Å². The van der Waals surface area contributed by atoms with Crippen LogP contribution in [0.1, 0.15) is 23.0 Å². The number of benzene rings is 1. The predicted molar refractivity (Wildman–Crippen MR) is 89.2 cm³/mol. The van der Waals surface area contributed by atoms with Crippen LogP contribution in [-0.2, 0) is 0 Å². The van der Waals surface area contributed by atoms with Gasteiger partial charge in [0.1, 0.15) is 5.75 Å². The van der Waals surface area contributed by atoms with Crippen molar-refractivity contribution in [2.24, 2.45) is 0 Å². The lowest BCUT2D eigenvalue weighted by Crippen LogP contribution is -2.48. The molecule has 0 bridgehead atoms. The first-order valence-corrected chi connectivity index (χ1v) is 7.71. The SMILES string of the molecule is COc1ccc(C=CCN2CC(n3nc(C)cc3C)C2)cc1. The van der Waals surface area contributed by atoms with E-state index in [9.17, 15) is 0 Å². The van der Waals surface area contributed by atoms with Crippen molar-refractivity contribution in [3.05, 3.63) is 53.4 Å². The van der Waals surface area contributed by atoms with E-state index in [4.69, 9.17) is 4.74 Å². The van der Waals surface area contributed by atoms with Gasteiger partial charge in [0.05, 0.1) is 18.8 Å². The van der Waals surface area contributed by atoms with Gasteiger partial charge in [-0.15, -0.1) is 0 Å². The van der Waals surface area contributed by atoms with Crippen molar-refractivity contribution >= 4 is 6.08 Å². The number of methoxy groups -OCH3 is 1. The van der Waals surface area contributed by atoms with Gasteiger partial charge in [-0.25, -0.2) is 0 Å². The molecule has 0 radical (unpaired) electrons. The number of hydrogen-bond donors (Lipinski definition) is 0. The molecule has 2 heterocycles. The molecule has 0 amide bonds. The summed E-state index contributed by atoms with van der Waals surface area (Å²) in [6.07, 6.45) is 4.38. The van der Waals surface area contributed by atoms with Gasteiger partial charge in [0.2, 0.25) is 0 Å². The van der Waals surface area contributed by atoms with Gasteiger partial charge < -0.3 is 4.74 Å². The molecule has 0 atom stereocenters. The van der Waals surface area contributed by atoms with Crippen LogP contribution in [0.3, 0.4) is 0 Å². The van der Waals surface area contributed by atoms with Crippen molar-refractivity contribution in [1.29, 1.82) is 0 Å². The molecule has 4 nitrogen and oxygen atoms in total. The van der Waals surface area contributed by atoms with E-state index in [1.54, 1.807) is 7.11 Å². The number of nitrogens with zero attached hydrogens (tertiary/aromatic N) is 3. The van der Waals surface area contributed by atoms with Crippen LogP contribution in [0.25, 0.3) is 6.08 Å². The predicted octanol–water partition coefficient (Wildman–Crippen LogP) is 3.08. The Bertz CT molecular complexity index is 651. The molecule has 3 rings (SSSR count).